The number of fused-ring (bicyclic) bond motifs is 3. The standard InChI is InChI=1S/C53H86NO13P/c1-33-18-14-13-15-19-35(3)45(62-8)32-41-24-22-39(7)53(60,66-41)50(57)51(58)54-27-17-16-20-42(54)52(59)65-43(36(4)30-40-23-26-44(46(31-40)63-9)67-68(11,12)61)25-21-34(2)29-38(6)48(56)49(64-10)47(55)37(5)28-33/h13-15,18-19,29,33-34,36-37,39-46,48-49,56,60H,16-17,20-28,30-32H2,1-12H3/b15-13?,18-14+,35-19?,38-29+/t33-,34+,36-,37-,39-,40+,41+,42+,43+,44-,45?,46-,48-,49+,53-/m1/s1. The first-order valence-corrected chi connectivity index (χ1v) is 27.7. The van der Waals surface area contributed by atoms with Gasteiger partial charge in [-0.25, -0.2) is 4.79 Å². The molecule has 1 saturated carbocycles. The number of ether oxygens (including phenoxy) is 5. The minimum Gasteiger partial charge on any atom is -0.461 e. The molecule has 1 aliphatic carbocycles. The van der Waals surface area contributed by atoms with Crippen molar-refractivity contribution in [2.75, 3.05) is 41.2 Å². The lowest BCUT2D eigenvalue weighted by atomic mass is 9.78. The maximum Gasteiger partial charge on any atom is 0.329 e. The number of aliphatic hydroxyl groups is 2. The minimum atomic E-state index is -2.75. The fourth-order valence-corrected chi connectivity index (χ4v) is 11.6. The molecule has 3 heterocycles. The second-order valence-electron chi connectivity index (χ2n) is 21.0. The zero-order chi connectivity index (χ0) is 50.5. The highest BCUT2D eigenvalue weighted by atomic mass is 31.2. The van der Waals surface area contributed by atoms with Crippen LogP contribution in [0, 0.1) is 35.5 Å². The first kappa shape index (κ1) is 57.8. The van der Waals surface area contributed by atoms with Crippen LogP contribution >= 0.6 is 7.37 Å². The van der Waals surface area contributed by atoms with Crippen LogP contribution in [0.3, 0.4) is 0 Å². The van der Waals surface area contributed by atoms with E-state index in [0.717, 1.165) is 12.0 Å². The van der Waals surface area contributed by atoms with E-state index in [9.17, 15) is 34.0 Å². The van der Waals surface area contributed by atoms with Gasteiger partial charge in [0.2, 0.25) is 5.79 Å². The third-order valence-corrected chi connectivity index (χ3v) is 15.7. The molecule has 0 radical (unpaired) electrons. The van der Waals surface area contributed by atoms with Crippen LogP contribution in [-0.4, -0.2) is 134 Å². The molecular formula is C53H86NO13P. The number of hydrogen-bond acceptors (Lipinski definition) is 13. The summed E-state index contributed by atoms with van der Waals surface area (Å²) in [6, 6.07) is -1.04. The molecule has 386 valence electrons. The third-order valence-electron chi connectivity index (χ3n) is 14.9. The molecule has 2 saturated heterocycles. The minimum absolute atomic E-state index is 0.0602. The van der Waals surface area contributed by atoms with Crippen molar-refractivity contribution in [2.45, 2.75) is 186 Å². The molecule has 4 rings (SSSR count). The van der Waals surface area contributed by atoms with Crippen LogP contribution < -0.4 is 0 Å². The molecule has 3 aliphatic heterocycles. The summed E-state index contributed by atoms with van der Waals surface area (Å²) in [6.07, 6.45) is 14.7. The summed E-state index contributed by atoms with van der Waals surface area (Å²) in [7, 11) is 1.93. The van der Waals surface area contributed by atoms with Crippen molar-refractivity contribution in [1.29, 1.82) is 0 Å². The number of carbonyl (C=O) groups is 4. The van der Waals surface area contributed by atoms with E-state index < -0.39 is 73.3 Å². The lowest BCUT2D eigenvalue weighted by Gasteiger charge is -2.42. The lowest BCUT2D eigenvalue weighted by molar-refractivity contribution is -0.265. The predicted molar refractivity (Wildman–Crippen MR) is 263 cm³/mol. The van der Waals surface area contributed by atoms with Crippen molar-refractivity contribution in [1.82, 2.24) is 4.90 Å². The molecule has 4 aliphatic rings. The van der Waals surface area contributed by atoms with E-state index in [2.05, 4.69) is 6.92 Å². The fraction of sp³-hybridized carbons (Fsp3) is 0.774. The highest BCUT2D eigenvalue weighted by molar-refractivity contribution is 7.57. The van der Waals surface area contributed by atoms with E-state index in [4.69, 9.17) is 28.2 Å². The summed E-state index contributed by atoms with van der Waals surface area (Å²) in [5.41, 5.74) is 1.50. The van der Waals surface area contributed by atoms with Gasteiger partial charge in [-0.05, 0) is 126 Å². The van der Waals surface area contributed by atoms with Gasteiger partial charge < -0.3 is 43.3 Å². The number of carbonyl (C=O) groups excluding carboxylic acids is 4. The number of piperidine rings is 1. The summed E-state index contributed by atoms with van der Waals surface area (Å²) in [5, 5.41) is 23.5. The molecule has 1 unspecified atom stereocenters. The molecule has 15 atom stereocenters. The van der Waals surface area contributed by atoms with Crippen LogP contribution in [0.4, 0.5) is 0 Å². The maximum absolute atomic E-state index is 14.5. The summed E-state index contributed by atoms with van der Waals surface area (Å²) in [5.74, 6) is -6.23. The molecule has 3 fully saturated rings. The molecule has 68 heavy (non-hydrogen) atoms. The molecule has 0 aromatic rings. The molecular weight excluding hydrogens is 890 g/mol. The Hall–Kier alpha value is -2.81. The Labute approximate surface area is 407 Å². The van der Waals surface area contributed by atoms with Crippen LogP contribution in [-0.2, 0) is 52.0 Å². The van der Waals surface area contributed by atoms with Crippen molar-refractivity contribution < 1.29 is 62.2 Å². The summed E-state index contributed by atoms with van der Waals surface area (Å²) < 4.78 is 48.5. The molecule has 15 heteroatoms. The number of hydrogen-bond donors (Lipinski definition) is 2. The van der Waals surface area contributed by atoms with Crippen LogP contribution in [0.5, 0.6) is 0 Å². The SMILES string of the molecule is COC1C[C@@H]2CC[C@@H](C)[C@@](O)(O2)C(=O)C(=O)N2CCCC[C@H]2C(=O)O[C@H]([C@H](C)C[C@@H]2CC[C@@H](OP(C)(C)=O)[C@H](OC)C2)CC[C@H](C)/C=C(\C)[C@@H](O)[C@@H](OC)C(=O)[C@H](C)C[C@H](C)/C=C/C=CC=C1C. The van der Waals surface area contributed by atoms with Crippen molar-refractivity contribution in [3.8, 4) is 0 Å². The molecule has 2 N–H and O–H groups in total. The molecule has 0 aromatic heterocycles. The van der Waals surface area contributed by atoms with Crippen molar-refractivity contribution in [3.63, 3.8) is 0 Å². The Morgan fingerprint density at radius 1 is 0.824 bits per heavy atom. The average molecular weight is 976 g/mol. The number of cyclic esters (lactones) is 1. The zero-order valence-corrected chi connectivity index (χ0v) is 44.1. The topological polar surface area (TPSA) is 184 Å². The molecule has 2 bridgehead atoms. The summed E-state index contributed by atoms with van der Waals surface area (Å²) >= 11 is 0. The van der Waals surface area contributed by atoms with Gasteiger partial charge in [-0.3, -0.25) is 18.9 Å². The lowest BCUT2D eigenvalue weighted by Crippen LogP contribution is -2.61. The third kappa shape index (κ3) is 16.1. The summed E-state index contributed by atoms with van der Waals surface area (Å²) in [6.45, 7) is 16.8. The Kier molecular flexibility index (Phi) is 22.6. The Morgan fingerprint density at radius 3 is 2.21 bits per heavy atom. The van der Waals surface area contributed by atoms with Gasteiger partial charge in [0.05, 0.1) is 24.4 Å². The number of esters is 1. The van der Waals surface area contributed by atoms with Crippen molar-refractivity contribution in [3.05, 3.63) is 47.6 Å². The maximum atomic E-state index is 14.5. The second-order valence-corrected chi connectivity index (χ2v) is 23.7. The highest BCUT2D eigenvalue weighted by Crippen LogP contribution is 2.45. The number of aliphatic hydroxyl groups excluding tert-OH is 1. The van der Waals surface area contributed by atoms with Gasteiger partial charge in [0.15, 0.2) is 13.2 Å². The molecule has 0 spiro atoms. The Balaban J connectivity index is 1.67. The highest BCUT2D eigenvalue weighted by Gasteiger charge is 2.53. The van der Waals surface area contributed by atoms with E-state index in [0.29, 0.717) is 82.6 Å². The largest absolute Gasteiger partial charge is 0.461 e. The fourth-order valence-electron chi connectivity index (χ4n) is 10.7. The van der Waals surface area contributed by atoms with E-state index in [1.807, 2.05) is 64.2 Å². The van der Waals surface area contributed by atoms with E-state index in [1.165, 1.54) is 12.0 Å². The van der Waals surface area contributed by atoms with E-state index in [1.54, 1.807) is 41.4 Å². The molecule has 1 amide bonds. The van der Waals surface area contributed by atoms with Crippen LogP contribution in [0.15, 0.2) is 47.6 Å². The van der Waals surface area contributed by atoms with Crippen LogP contribution in [0.2, 0.25) is 0 Å². The van der Waals surface area contributed by atoms with Crippen LogP contribution in [0.25, 0.3) is 0 Å². The zero-order valence-electron chi connectivity index (χ0n) is 43.2. The van der Waals surface area contributed by atoms with Crippen LogP contribution in [0.1, 0.15) is 132 Å². The van der Waals surface area contributed by atoms with Gasteiger partial charge in [0, 0.05) is 59.5 Å². The van der Waals surface area contributed by atoms with Gasteiger partial charge in [0.25, 0.3) is 11.7 Å². The monoisotopic (exact) mass is 976 g/mol. The number of amides is 1. The van der Waals surface area contributed by atoms with E-state index in [-0.39, 0.29) is 54.1 Å². The van der Waals surface area contributed by atoms with Gasteiger partial charge >= 0.3 is 5.97 Å². The number of ketones is 2. The number of rotatable bonds is 8. The normalized spacial score (nSPS) is 38.1. The predicted octanol–water partition coefficient (Wildman–Crippen LogP) is 8.56. The van der Waals surface area contributed by atoms with Gasteiger partial charge in [-0.1, -0.05) is 71.1 Å². The van der Waals surface area contributed by atoms with E-state index >= 15 is 0 Å². The average Bonchev–Trinajstić information content (AvgIpc) is 3.29. The van der Waals surface area contributed by atoms with Gasteiger partial charge in [-0.2, -0.15) is 0 Å². The molecule has 14 nitrogen and oxygen atoms in total. The Morgan fingerprint density at radius 2 is 1.54 bits per heavy atom. The van der Waals surface area contributed by atoms with Gasteiger partial charge in [0.1, 0.15) is 24.4 Å². The molecule has 0 aromatic carbocycles. The second kappa shape index (κ2) is 26.6. The van der Waals surface area contributed by atoms with Gasteiger partial charge in [-0.15, -0.1) is 0 Å². The smallest absolute Gasteiger partial charge is 0.329 e. The van der Waals surface area contributed by atoms with Crippen molar-refractivity contribution in [2.24, 2.45) is 35.5 Å². The first-order chi connectivity index (χ1) is 32.0. The summed E-state index contributed by atoms with van der Waals surface area (Å²) in [4.78, 5) is 58.1. The quantitative estimate of drug-likeness (QED) is 0.102. The number of allylic oxidation sites excluding steroid dienone is 6. The number of methoxy groups -OCH3 is 3. The number of nitrogens with zero attached hydrogens (tertiary/aromatic N) is 1. The number of Topliss-reactive ketones (excluding diaryl/α,β-unsaturated/α-hetero) is 2. The first-order valence-electron chi connectivity index (χ1n) is 25.2. The Bertz CT molecular complexity index is 1860. The van der Waals surface area contributed by atoms with Crippen molar-refractivity contribution >= 4 is 30.8 Å².